The molecule has 0 aliphatic heterocycles. The lowest BCUT2D eigenvalue weighted by Crippen LogP contribution is -2.62. The van der Waals surface area contributed by atoms with Crippen molar-refractivity contribution in [3.05, 3.63) is 0 Å². The van der Waals surface area contributed by atoms with Gasteiger partial charge in [0.15, 0.2) is 0 Å². The molecular formula is C9H17NO2. The van der Waals surface area contributed by atoms with E-state index in [0.717, 1.165) is 12.8 Å². The number of hydrogen-bond acceptors (Lipinski definition) is 2. The van der Waals surface area contributed by atoms with Gasteiger partial charge in [-0.2, -0.15) is 0 Å². The Balaban J connectivity index is 2.60. The molecular weight excluding hydrogens is 154 g/mol. The highest BCUT2D eigenvalue weighted by Crippen LogP contribution is 2.51. The van der Waals surface area contributed by atoms with Crippen molar-refractivity contribution in [3.63, 3.8) is 0 Å². The average Bonchev–Trinajstić information content (AvgIpc) is 1.98. The number of hydrogen-bond donors (Lipinski definition) is 2. The molecule has 1 saturated carbocycles. The van der Waals surface area contributed by atoms with E-state index in [9.17, 15) is 4.79 Å². The Morgan fingerprint density at radius 1 is 1.42 bits per heavy atom. The Hall–Kier alpha value is -0.570. The highest BCUT2D eigenvalue weighted by molar-refractivity contribution is 5.80. The maximum atomic E-state index is 10.7. The highest BCUT2D eigenvalue weighted by Gasteiger charge is 2.54. The molecule has 1 rings (SSSR count). The van der Waals surface area contributed by atoms with E-state index in [0.29, 0.717) is 12.8 Å². The SMILES string of the molecule is CCC1(CC)CC(N)(C(=O)O)C1. The molecule has 3 nitrogen and oxygen atoms in total. The molecule has 0 atom stereocenters. The first kappa shape index (κ1) is 9.52. The van der Waals surface area contributed by atoms with Gasteiger partial charge in [0.25, 0.3) is 0 Å². The third-order valence-electron chi connectivity index (χ3n) is 3.31. The summed E-state index contributed by atoms with van der Waals surface area (Å²) in [5.41, 5.74) is 4.96. The third kappa shape index (κ3) is 1.22. The van der Waals surface area contributed by atoms with Crippen molar-refractivity contribution >= 4 is 5.97 Å². The van der Waals surface area contributed by atoms with Crippen LogP contribution in [0.1, 0.15) is 39.5 Å². The summed E-state index contributed by atoms with van der Waals surface area (Å²) in [5.74, 6) is -0.847. The molecule has 0 bridgehead atoms. The second-order valence-electron chi connectivity index (χ2n) is 4.02. The molecule has 0 spiro atoms. The number of carboxylic acids is 1. The molecule has 0 amide bonds. The van der Waals surface area contributed by atoms with Crippen molar-refractivity contribution in [1.82, 2.24) is 0 Å². The zero-order chi connectivity index (χ0) is 9.41. The molecule has 70 valence electrons. The molecule has 12 heavy (non-hydrogen) atoms. The van der Waals surface area contributed by atoms with Crippen LogP contribution in [0.5, 0.6) is 0 Å². The molecule has 0 aromatic rings. The fourth-order valence-corrected chi connectivity index (χ4v) is 2.19. The van der Waals surface area contributed by atoms with Crippen LogP contribution in [0.3, 0.4) is 0 Å². The average molecular weight is 171 g/mol. The minimum Gasteiger partial charge on any atom is -0.480 e. The van der Waals surface area contributed by atoms with Crippen molar-refractivity contribution in [2.24, 2.45) is 11.1 Å². The Kier molecular flexibility index (Phi) is 2.17. The number of rotatable bonds is 3. The van der Waals surface area contributed by atoms with Crippen LogP contribution in [0.2, 0.25) is 0 Å². The van der Waals surface area contributed by atoms with E-state index in [1.807, 2.05) is 0 Å². The van der Waals surface area contributed by atoms with Crippen molar-refractivity contribution in [3.8, 4) is 0 Å². The van der Waals surface area contributed by atoms with Gasteiger partial charge in [0.1, 0.15) is 5.54 Å². The maximum absolute atomic E-state index is 10.7. The van der Waals surface area contributed by atoms with Gasteiger partial charge in [0.2, 0.25) is 0 Å². The van der Waals surface area contributed by atoms with Crippen molar-refractivity contribution in [1.29, 1.82) is 0 Å². The lowest BCUT2D eigenvalue weighted by atomic mass is 9.55. The van der Waals surface area contributed by atoms with Gasteiger partial charge in [0.05, 0.1) is 0 Å². The molecule has 1 aliphatic rings. The van der Waals surface area contributed by atoms with Gasteiger partial charge in [-0.1, -0.05) is 26.7 Å². The molecule has 0 unspecified atom stereocenters. The molecule has 0 saturated heterocycles. The minimum atomic E-state index is -0.925. The molecule has 0 aromatic carbocycles. The number of nitrogens with two attached hydrogens (primary N) is 1. The van der Waals surface area contributed by atoms with Crippen LogP contribution >= 0.6 is 0 Å². The first-order valence-corrected chi connectivity index (χ1v) is 4.50. The van der Waals surface area contributed by atoms with Crippen LogP contribution in [0.15, 0.2) is 0 Å². The van der Waals surface area contributed by atoms with Crippen molar-refractivity contribution < 1.29 is 9.90 Å². The minimum absolute atomic E-state index is 0.215. The number of carboxylic acid groups (broad SMARTS) is 1. The molecule has 3 heteroatoms. The Bertz CT molecular complexity index is 189. The first-order valence-electron chi connectivity index (χ1n) is 4.50. The Labute approximate surface area is 72.9 Å². The van der Waals surface area contributed by atoms with E-state index >= 15 is 0 Å². The summed E-state index contributed by atoms with van der Waals surface area (Å²) in [6, 6.07) is 0. The summed E-state index contributed by atoms with van der Waals surface area (Å²) < 4.78 is 0. The van der Waals surface area contributed by atoms with Crippen LogP contribution in [-0.4, -0.2) is 16.6 Å². The summed E-state index contributed by atoms with van der Waals surface area (Å²) in [6.45, 7) is 4.20. The van der Waals surface area contributed by atoms with Crippen LogP contribution in [-0.2, 0) is 4.79 Å². The van der Waals surface area contributed by atoms with Crippen molar-refractivity contribution in [2.45, 2.75) is 45.1 Å². The highest BCUT2D eigenvalue weighted by atomic mass is 16.4. The van der Waals surface area contributed by atoms with E-state index in [-0.39, 0.29) is 5.41 Å². The van der Waals surface area contributed by atoms with E-state index in [1.54, 1.807) is 0 Å². The first-order chi connectivity index (χ1) is 5.48. The lowest BCUT2D eigenvalue weighted by Gasteiger charge is -2.51. The van der Waals surface area contributed by atoms with Crippen LogP contribution in [0.4, 0.5) is 0 Å². The van der Waals surface area contributed by atoms with Crippen LogP contribution in [0, 0.1) is 5.41 Å². The standard InChI is InChI=1S/C9H17NO2/c1-3-8(4-2)5-9(10,6-8)7(11)12/h3-6,10H2,1-2H3,(H,11,12). The molecule has 1 fully saturated rings. The van der Waals surface area contributed by atoms with Gasteiger partial charge in [-0.3, -0.25) is 4.79 Å². The van der Waals surface area contributed by atoms with Gasteiger partial charge in [-0.15, -0.1) is 0 Å². The molecule has 0 radical (unpaired) electrons. The summed E-state index contributed by atoms with van der Waals surface area (Å²) in [5, 5.41) is 8.79. The zero-order valence-electron chi connectivity index (χ0n) is 7.76. The normalized spacial score (nSPS) is 24.6. The second-order valence-corrected chi connectivity index (χ2v) is 4.02. The molecule has 0 aromatic heterocycles. The monoisotopic (exact) mass is 171 g/mol. The summed E-state index contributed by atoms with van der Waals surface area (Å²) in [4.78, 5) is 10.7. The van der Waals surface area contributed by atoms with Crippen LogP contribution in [0.25, 0.3) is 0 Å². The third-order valence-corrected chi connectivity index (χ3v) is 3.31. The molecule has 0 heterocycles. The summed E-state index contributed by atoms with van der Waals surface area (Å²) >= 11 is 0. The van der Waals surface area contributed by atoms with E-state index in [2.05, 4.69) is 13.8 Å². The predicted octanol–water partition coefficient (Wildman–Crippen LogP) is 1.37. The van der Waals surface area contributed by atoms with E-state index in [4.69, 9.17) is 10.8 Å². The summed E-state index contributed by atoms with van der Waals surface area (Å²) in [7, 11) is 0. The predicted molar refractivity (Wildman–Crippen MR) is 46.8 cm³/mol. The molecule has 1 aliphatic carbocycles. The van der Waals surface area contributed by atoms with Gasteiger partial charge in [-0.25, -0.2) is 0 Å². The fourth-order valence-electron chi connectivity index (χ4n) is 2.19. The van der Waals surface area contributed by atoms with Gasteiger partial charge in [0, 0.05) is 0 Å². The number of aliphatic carboxylic acids is 1. The summed E-state index contributed by atoms with van der Waals surface area (Å²) in [6.07, 6.45) is 3.36. The Morgan fingerprint density at radius 3 is 2.08 bits per heavy atom. The Morgan fingerprint density at radius 2 is 1.83 bits per heavy atom. The topological polar surface area (TPSA) is 63.3 Å². The van der Waals surface area contributed by atoms with Gasteiger partial charge < -0.3 is 10.8 Å². The fraction of sp³-hybridized carbons (Fsp3) is 0.889. The largest absolute Gasteiger partial charge is 0.480 e. The van der Waals surface area contributed by atoms with E-state index < -0.39 is 11.5 Å². The quantitative estimate of drug-likeness (QED) is 0.674. The van der Waals surface area contributed by atoms with Crippen LogP contribution < -0.4 is 5.73 Å². The van der Waals surface area contributed by atoms with E-state index in [1.165, 1.54) is 0 Å². The van der Waals surface area contributed by atoms with Gasteiger partial charge >= 0.3 is 5.97 Å². The second kappa shape index (κ2) is 2.73. The lowest BCUT2D eigenvalue weighted by molar-refractivity contribution is -0.153. The van der Waals surface area contributed by atoms with Gasteiger partial charge in [-0.05, 0) is 18.3 Å². The molecule has 3 N–H and O–H groups in total. The zero-order valence-corrected chi connectivity index (χ0v) is 7.76. The maximum Gasteiger partial charge on any atom is 0.323 e. The van der Waals surface area contributed by atoms with Crippen molar-refractivity contribution in [2.75, 3.05) is 0 Å². The number of carbonyl (C=O) groups is 1. The smallest absolute Gasteiger partial charge is 0.323 e.